The number of likely N-dealkylation sites (tertiary alicyclic amines) is 1. The Bertz CT molecular complexity index is 616. The average molecular weight is 333 g/mol. The second kappa shape index (κ2) is 7.15. The topological polar surface area (TPSA) is 70.9 Å². The van der Waals surface area contributed by atoms with Crippen molar-refractivity contribution >= 4 is 18.2 Å². The fraction of sp³-hybridized carbons (Fsp3) is 0.647. The number of aliphatic imine (C=N–C) groups is 1. The number of ether oxygens (including phenoxy) is 1. The summed E-state index contributed by atoms with van der Waals surface area (Å²) in [5.41, 5.74) is 1.32. The SMILES string of the molecule is CCc1nc(C2CN(C(=O)OC(C)(C)C)C2)cnc1/N=C/N(C)C. The Morgan fingerprint density at radius 2 is 2.12 bits per heavy atom. The minimum atomic E-state index is -0.469. The number of carbonyl (C=O) groups is 1. The van der Waals surface area contributed by atoms with E-state index in [4.69, 9.17) is 4.74 Å². The summed E-state index contributed by atoms with van der Waals surface area (Å²) < 4.78 is 5.37. The van der Waals surface area contributed by atoms with Gasteiger partial charge in [0.1, 0.15) is 5.60 Å². The van der Waals surface area contributed by atoms with Gasteiger partial charge in [0, 0.05) is 33.1 Å². The molecule has 7 nitrogen and oxygen atoms in total. The first-order chi connectivity index (χ1) is 11.2. The van der Waals surface area contributed by atoms with Crippen LogP contribution in [0, 0.1) is 0 Å². The van der Waals surface area contributed by atoms with Gasteiger partial charge in [-0.2, -0.15) is 0 Å². The van der Waals surface area contributed by atoms with Crippen molar-refractivity contribution in [2.75, 3.05) is 27.2 Å². The predicted molar refractivity (Wildman–Crippen MR) is 93.8 cm³/mol. The number of carbonyl (C=O) groups excluding carboxylic acids is 1. The Morgan fingerprint density at radius 1 is 1.46 bits per heavy atom. The van der Waals surface area contributed by atoms with Crippen LogP contribution < -0.4 is 0 Å². The number of hydrogen-bond acceptors (Lipinski definition) is 5. The molecule has 0 N–H and O–H groups in total. The van der Waals surface area contributed by atoms with Crippen LogP contribution in [-0.4, -0.2) is 65.0 Å². The van der Waals surface area contributed by atoms with Gasteiger partial charge < -0.3 is 14.5 Å². The van der Waals surface area contributed by atoms with Crippen LogP contribution in [0.5, 0.6) is 0 Å². The van der Waals surface area contributed by atoms with Gasteiger partial charge >= 0.3 is 6.09 Å². The average Bonchev–Trinajstić information content (AvgIpc) is 2.41. The largest absolute Gasteiger partial charge is 0.444 e. The summed E-state index contributed by atoms with van der Waals surface area (Å²) in [7, 11) is 3.83. The summed E-state index contributed by atoms with van der Waals surface area (Å²) in [6, 6.07) is 0. The van der Waals surface area contributed by atoms with Gasteiger partial charge in [-0.3, -0.25) is 4.98 Å². The molecule has 0 spiro atoms. The van der Waals surface area contributed by atoms with Gasteiger partial charge in [-0.15, -0.1) is 0 Å². The minimum absolute atomic E-state index is 0.210. The summed E-state index contributed by atoms with van der Waals surface area (Å²) in [4.78, 5) is 29.0. The van der Waals surface area contributed by atoms with E-state index in [2.05, 4.69) is 15.0 Å². The molecule has 1 amide bonds. The Labute approximate surface area is 143 Å². The highest BCUT2D eigenvalue weighted by Gasteiger charge is 2.35. The van der Waals surface area contributed by atoms with Crippen molar-refractivity contribution in [1.29, 1.82) is 0 Å². The predicted octanol–water partition coefficient (Wildman–Crippen LogP) is 2.59. The lowest BCUT2D eigenvalue weighted by atomic mass is 9.97. The second-order valence-corrected chi connectivity index (χ2v) is 7.21. The molecule has 0 atom stereocenters. The van der Waals surface area contributed by atoms with Crippen LogP contribution in [0.25, 0.3) is 0 Å². The summed E-state index contributed by atoms with van der Waals surface area (Å²) >= 11 is 0. The lowest BCUT2D eigenvalue weighted by molar-refractivity contribution is 0.00783. The van der Waals surface area contributed by atoms with Crippen molar-refractivity contribution in [3.63, 3.8) is 0 Å². The van der Waals surface area contributed by atoms with E-state index in [0.717, 1.165) is 17.8 Å². The highest BCUT2D eigenvalue weighted by Crippen LogP contribution is 2.28. The van der Waals surface area contributed by atoms with E-state index in [1.54, 1.807) is 17.4 Å². The molecule has 1 aliphatic rings. The molecule has 0 aromatic carbocycles. The summed E-state index contributed by atoms with van der Waals surface area (Å²) in [6.07, 6.45) is 3.98. The van der Waals surface area contributed by atoms with Gasteiger partial charge in [-0.25, -0.2) is 14.8 Å². The van der Waals surface area contributed by atoms with Gasteiger partial charge in [0.25, 0.3) is 0 Å². The standard InChI is InChI=1S/C17H27N5O2/c1-7-13-15(19-11-21(5)6)18-8-14(20-13)12-9-22(10-12)16(23)24-17(2,3)4/h8,11-12H,7,9-10H2,1-6H3/b19-11+. The molecule has 1 saturated heterocycles. The highest BCUT2D eigenvalue weighted by atomic mass is 16.6. The molecule has 1 fully saturated rings. The summed E-state index contributed by atoms with van der Waals surface area (Å²) in [5, 5.41) is 0. The van der Waals surface area contributed by atoms with Crippen molar-refractivity contribution in [1.82, 2.24) is 19.8 Å². The summed E-state index contributed by atoms with van der Waals surface area (Å²) in [6.45, 7) is 8.88. The van der Waals surface area contributed by atoms with Crippen LogP contribution in [0.1, 0.15) is 45.0 Å². The van der Waals surface area contributed by atoms with E-state index in [-0.39, 0.29) is 12.0 Å². The number of rotatable bonds is 4. The fourth-order valence-corrected chi connectivity index (χ4v) is 2.29. The monoisotopic (exact) mass is 333 g/mol. The number of aryl methyl sites for hydroxylation is 1. The third kappa shape index (κ3) is 4.66. The maximum Gasteiger partial charge on any atom is 0.410 e. The van der Waals surface area contributed by atoms with Crippen molar-refractivity contribution in [3.8, 4) is 0 Å². The van der Waals surface area contributed by atoms with Gasteiger partial charge in [0.15, 0.2) is 5.82 Å². The maximum atomic E-state index is 12.0. The lowest BCUT2D eigenvalue weighted by Gasteiger charge is -2.39. The van der Waals surface area contributed by atoms with E-state index < -0.39 is 5.60 Å². The van der Waals surface area contributed by atoms with Crippen LogP contribution >= 0.6 is 0 Å². The Kier molecular flexibility index (Phi) is 5.41. The first-order valence-electron chi connectivity index (χ1n) is 8.24. The molecule has 2 rings (SSSR count). The number of nitrogens with zero attached hydrogens (tertiary/aromatic N) is 5. The van der Waals surface area contributed by atoms with Crippen LogP contribution in [-0.2, 0) is 11.2 Å². The smallest absolute Gasteiger partial charge is 0.410 e. The van der Waals surface area contributed by atoms with Gasteiger partial charge in [0.05, 0.1) is 23.9 Å². The van der Waals surface area contributed by atoms with E-state index in [0.29, 0.717) is 18.9 Å². The first kappa shape index (κ1) is 18.2. The van der Waals surface area contributed by atoms with E-state index in [1.165, 1.54) is 0 Å². The maximum absolute atomic E-state index is 12.0. The molecule has 2 heterocycles. The lowest BCUT2D eigenvalue weighted by Crippen LogP contribution is -2.50. The molecule has 0 saturated carbocycles. The molecular weight excluding hydrogens is 306 g/mol. The first-order valence-corrected chi connectivity index (χ1v) is 8.24. The molecule has 24 heavy (non-hydrogen) atoms. The Balaban J connectivity index is 2.01. The van der Waals surface area contributed by atoms with Gasteiger partial charge in [-0.1, -0.05) is 6.92 Å². The molecule has 0 aliphatic carbocycles. The van der Waals surface area contributed by atoms with Gasteiger partial charge in [0.2, 0.25) is 0 Å². The molecular formula is C17H27N5O2. The van der Waals surface area contributed by atoms with E-state index in [1.807, 2.05) is 46.7 Å². The van der Waals surface area contributed by atoms with Crippen molar-refractivity contribution < 1.29 is 9.53 Å². The summed E-state index contributed by atoms with van der Waals surface area (Å²) in [5.74, 6) is 0.862. The van der Waals surface area contributed by atoms with Crippen LogP contribution in [0.3, 0.4) is 0 Å². The Morgan fingerprint density at radius 3 is 2.67 bits per heavy atom. The van der Waals surface area contributed by atoms with Crippen LogP contribution in [0.2, 0.25) is 0 Å². The van der Waals surface area contributed by atoms with Crippen LogP contribution in [0.15, 0.2) is 11.2 Å². The molecule has 0 bridgehead atoms. The minimum Gasteiger partial charge on any atom is -0.444 e. The zero-order chi connectivity index (χ0) is 17.9. The molecule has 7 heteroatoms. The molecule has 132 valence electrons. The van der Waals surface area contributed by atoms with Gasteiger partial charge in [-0.05, 0) is 27.2 Å². The quantitative estimate of drug-likeness (QED) is 0.625. The molecule has 1 aliphatic heterocycles. The fourth-order valence-electron chi connectivity index (χ4n) is 2.29. The highest BCUT2D eigenvalue weighted by molar-refractivity contribution is 5.69. The number of amides is 1. The molecule has 0 radical (unpaired) electrons. The number of aromatic nitrogens is 2. The number of hydrogen-bond donors (Lipinski definition) is 0. The van der Waals surface area contributed by atoms with Crippen molar-refractivity contribution in [3.05, 3.63) is 17.6 Å². The van der Waals surface area contributed by atoms with Crippen molar-refractivity contribution in [2.24, 2.45) is 4.99 Å². The Hall–Kier alpha value is -2.18. The normalized spacial score (nSPS) is 15.5. The second-order valence-electron chi connectivity index (χ2n) is 7.21. The van der Waals surface area contributed by atoms with E-state index >= 15 is 0 Å². The molecule has 1 aromatic rings. The zero-order valence-electron chi connectivity index (χ0n) is 15.4. The van der Waals surface area contributed by atoms with Crippen molar-refractivity contribution in [2.45, 2.75) is 45.6 Å². The molecule has 0 unspecified atom stereocenters. The van der Waals surface area contributed by atoms with Crippen LogP contribution in [0.4, 0.5) is 10.6 Å². The zero-order valence-corrected chi connectivity index (χ0v) is 15.4. The third-order valence-corrected chi connectivity index (χ3v) is 3.54. The van der Waals surface area contributed by atoms with E-state index in [9.17, 15) is 4.79 Å². The third-order valence-electron chi connectivity index (χ3n) is 3.54. The molecule has 1 aromatic heterocycles.